The van der Waals surface area contributed by atoms with Gasteiger partial charge in [0, 0.05) is 0 Å². The number of nitrogens with two attached hydrogens (primary N) is 1. The highest BCUT2D eigenvalue weighted by molar-refractivity contribution is 5.30. The summed E-state index contributed by atoms with van der Waals surface area (Å²) in [5.74, 6) is 1.28. The summed E-state index contributed by atoms with van der Waals surface area (Å²) in [6, 6.07) is 6.91. The van der Waals surface area contributed by atoms with E-state index in [-0.39, 0.29) is 18.2 Å². The van der Waals surface area contributed by atoms with Crippen LogP contribution in [0.15, 0.2) is 28.7 Å². The van der Waals surface area contributed by atoms with Crippen LogP contribution in [0.2, 0.25) is 0 Å². The second kappa shape index (κ2) is 5.23. The Labute approximate surface area is 105 Å². The second-order valence-electron chi connectivity index (χ2n) is 4.20. The molecule has 96 valence electrons. The van der Waals surface area contributed by atoms with Crippen LogP contribution < -0.4 is 10.5 Å². The number of benzene rings is 1. The zero-order valence-corrected chi connectivity index (χ0v) is 10.5. The third-order valence-corrected chi connectivity index (χ3v) is 2.78. The van der Waals surface area contributed by atoms with Gasteiger partial charge in [-0.05, 0) is 37.1 Å². The van der Waals surface area contributed by atoms with E-state index in [1.54, 1.807) is 25.1 Å². The standard InChI is InChI=1S/C14H16FNO2/c1-9-4-3-5-12(14(9)15)17-8-11-6-10(2)13(7-16)18-11/h3-6H,7-8,16H2,1-2H3. The molecule has 0 saturated heterocycles. The maximum absolute atomic E-state index is 13.7. The van der Waals surface area contributed by atoms with E-state index in [9.17, 15) is 4.39 Å². The number of hydrogen-bond donors (Lipinski definition) is 1. The van der Waals surface area contributed by atoms with Crippen LogP contribution in [0, 0.1) is 19.7 Å². The Bertz CT molecular complexity index is 549. The number of rotatable bonds is 4. The lowest BCUT2D eigenvalue weighted by atomic mass is 10.2. The number of ether oxygens (including phenoxy) is 1. The molecule has 1 heterocycles. The minimum absolute atomic E-state index is 0.196. The normalized spacial score (nSPS) is 10.7. The van der Waals surface area contributed by atoms with Crippen LogP contribution in [0.3, 0.4) is 0 Å². The molecule has 2 aromatic rings. The molecule has 0 unspecified atom stereocenters. The van der Waals surface area contributed by atoms with Gasteiger partial charge in [0.05, 0.1) is 6.54 Å². The van der Waals surface area contributed by atoms with Crippen molar-refractivity contribution in [2.45, 2.75) is 27.0 Å². The van der Waals surface area contributed by atoms with Gasteiger partial charge >= 0.3 is 0 Å². The molecule has 4 heteroatoms. The van der Waals surface area contributed by atoms with E-state index >= 15 is 0 Å². The molecule has 1 aromatic carbocycles. The Kier molecular flexibility index (Phi) is 3.67. The Hall–Kier alpha value is -1.81. The van der Waals surface area contributed by atoms with Gasteiger partial charge in [0.15, 0.2) is 11.6 Å². The average molecular weight is 249 g/mol. The molecular weight excluding hydrogens is 233 g/mol. The molecule has 3 nitrogen and oxygen atoms in total. The number of hydrogen-bond acceptors (Lipinski definition) is 3. The summed E-state index contributed by atoms with van der Waals surface area (Å²) in [7, 11) is 0. The van der Waals surface area contributed by atoms with E-state index in [1.807, 2.05) is 13.0 Å². The molecule has 0 bridgehead atoms. The first kappa shape index (κ1) is 12.6. The van der Waals surface area contributed by atoms with Crippen molar-refractivity contribution in [1.82, 2.24) is 0 Å². The second-order valence-corrected chi connectivity index (χ2v) is 4.20. The van der Waals surface area contributed by atoms with Crippen LogP contribution in [-0.4, -0.2) is 0 Å². The van der Waals surface area contributed by atoms with Gasteiger partial charge in [0.25, 0.3) is 0 Å². The molecule has 2 rings (SSSR count). The van der Waals surface area contributed by atoms with Crippen LogP contribution in [0.4, 0.5) is 4.39 Å². The summed E-state index contributed by atoms with van der Waals surface area (Å²) in [5.41, 5.74) is 7.07. The van der Waals surface area contributed by atoms with Gasteiger partial charge in [-0.15, -0.1) is 0 Å². The first-order valence-corrected chi connectivity index (χ1v) is 5.78. The summed E-state index contributed by atoms with van der Waals surface area (Å²) in [6.45, 7) is 4.17. The first-order chi connectivity index (χ1) is 8.61. The van der Waals surface area contributed by atoms with Crippen molar-refractivity contribution in [3.63, 3.8) is 0 Å². The number of furan rings is 1. The Morgan fingerprint density at radius 3 is 2.72 bits per heavy atom. The molecule has 0 fully saturated rings. The summed E-state index contributed by atoms with van der Waals surface area (Å²) >= 11 is 0. The van der Waals surface area contributed by atoms with E-state index in [0.717, 1.165) is 11.3 Å². The van der Waals surface area contributed by atoms with Gasteiger partial charge in [0.1, 0.15) is 18.1 Å². The topological polar surface area (TPSA) is 48.4 Å². The maximum Gasteiger partial charge on any atom is 0.167 e. The van der Waals surface area contributed by atoms with Gasteiger partial charge < -0.3 is 14.9 Å². The zero-order valence-electron chi connectivity index (χ0n) is 10.5. The SMILES string of the molecule is Cc1cc(COc2cccc(C)c2F)oc1CN. The molecule has 2 N–H and O–H groups in total. The highest BCUT2D eigenvalue weighted by Crippen LogP contribution is 2.22. The van der Waals surface area contributed by atoms with Gasteiger partial charge in [-0.1, -0.05) is 12.1 Å². The molecule has 0 saturated carbocycles. The molecule has 0 spiro atoms. The van der Waals surface area contributed by atoms with Crippen molar-refractivity contribution in [3.8, 4) is 5.75 Å². The smallest absolute Gasteiger partial charge is 0.167 e. The molecule has 0 atom stereocenters. The van der Waals surface area contributed by atoms with Gasteiger partial charge in [-0.25, -0.2) is 4.39 Å². The minimum Gasteiger partial charge on any atom is -0.483 e. The summed E-state index contributed by atoms with van der Waals surface area (Å²) in [4.78, 5) is 0. The highest BCUT2D eigenvalue weighted by atomic mass is 19.1. The van der Waals surface area contributed by atoms with E-state index in [1.165, 1.54) is 0 Å². The molecule has 0 aliphatic heterocycles. The predicted octanol–water partition coefficient (Wildman–Crippen LogP) is 3.07. The molecule has 1 aromatic heterocycles. The zero-order chi connectivity index (χ0) is 13.1. The Morgan fingerprint density at radius 2 is 2.06 bits per heavy atom. The van der Waals surface area contributed by atoms with E-state index in [2.05, 4.69) is 0 Å². The van der Waals surface area contributed by atoms with Crippen molar-refractivity contribution in [3.05, 3.63) is 52.7 Å². The number of aryl methyl sites for hydroxylation is 2. The fourth-order valence-corrected chi connectivity index (χ4v) is 1.74. The van der Waals surface area contributed by atoms with E-state index in [4.69, 9.17) is 14.9 Å². The van der Waals surface area contributed by atoms with Gasteiger partial charge in [-0.2, -0.15) is 0 Å². The van der Waals surface area contributed by atoms with E-state index in [0.29, 0.717) is 17.9 Å². The minimum atomic E-state index is -0.333. The van der Waals surface area contributed by atoms with Crippen molar-refractivity contribution in [2.75, 3.05) is 0 Å². The quantitative estimate of drug-likeness (QED) is 0.905. The lowest BCUT2D eigenvalue weighted by molar-refractivity contribution is 0.254. The summed E-state index contributed by atoms with van der Waals surface area (Å²) in [5, 5.41) is 0. The Balaban J connectivity index is 2.09. The first-order valence-electron chi connectivity index (χ1n) is 5.78. The lowest BCUT2D eigenvalue weighted by Gasteiger charge is -2.06. The predicted molar refractivity (Wildman–Crippen MR) is 66.8 cm³/mol. The molecule has 0 aliphatic rings. The molecular formula is C14H16FNO2. The average Bonchev–Trinajstić information content (AvgIpc) is 2.72. The Morgan fingerprint density at radius 1 is 1.28 bits per heavy atom. The summed E-state index contributed by atoms with van der Waals surface area (Å²) < 4.78 is 24.6. The van der Waals surface area contributed by atoms with Crippen LogP contribution in [-0.2, 0) is 13.2 Å². The third kappa shape index (κ3) is 2.54. The summed E-state index contributed by atoms with van der Waals surface area (Å²) in [6.07, 6.45) is 0. The van der Waals surface area contributed by atoms with E-state index < -0.39 is 0 Å². The highest BCUT2D eigenvalue weighted by Gasteiger charge is 2.09. The fourth-order valence-electron chi connectivity index (χ4n) is 1.74. The molecule has 0 radical (unpaired) electrons. The van der Waals surface area contributed by atoms with Crippen LogP contribution in [0.1, 0.15) is 22.6 Å². The van der Waals surface area contributed by atoms with Gasteiger partial charge in [0.2, 0.25) is 0 Å². The lowest BCUT2D eigenvalue weighted by Crippen LogP contribution is -1.98. The monoisotopic (exact) mass is 249 g/mol. The van der Waals surface area contributed by atoms with Crippen molar-refractivity contribution >= 4 is 0 Å². The largest absolute Gasteiger partial charge is 0.483 e. The molecule has 0 aliphatic carbocycles. The van der Waals surface area contributed by atoms with Crippen LogP contribution >= 0.6 is 0 Å². The third-order valence-electron chi connectivity index (χ3n) is 2.78. The molecule has 18 heavy (non-hydrogen) atoms. The van der Waals surface area contributed by atoms with Crippen LogP contribution in [0.5, 0.6) is 5.75 Å². The van der Waals surface area contributed by atoms with Gasteiger partial charge in [-0.3, -0.25) is 0 Å². The molecule has 0 amide bonds. The fraction of sp³-hybridized carbons (Fsp3) is 0.286. The maximum atomic E-state index is 13.7. The van der Waals surface area contributed by atoms with Crippen molar-refractivity contribution in [2.24, 2.45) is 5.73 Å². The van der Waals surface area contributed by atoms with Crippen LogP contribution in [0.25, 0.3) is 0 Å². The number of halogens is 1. The van der Waals surface area contributed by atoms with Crippen molar-refractivity contribution < 1.29 is 13.5 Å². The van der Waals surface area contributed by atoms with Crippen molar-refractivity contribution in [1.29, 1.82) is 0 Å².